The number of aliphatic hydroxyl groups excluding tert-OH is 1. The van der Waals surface area contributed by atoms with Crippen LogP contribution in [-0.2, 0) is 32.7 Å². The minimum Gasteiger partial charge on any atom is -0.480 e. The number of phosphoric ester groups is 1. The molecule has 0 radical (unpaired) electrons. The molecule has 0 aliphatic rings. The molecule has 0 aromatic rings. The van der Waals surface area contributed by atoms with Gasteiger partial charge in [0.15, 0.2) is 6.04 Å². The average Bonchev–Trinajstić information content (AvgIpc) is 2.91. The molecular formula is C28H54NO10P. The van der Waals surface area contributed by atoms with E-state index in [1.807, 2.05) is 0 Å². The van der Waals surface area contributed by atoms with Crippen LogP contribution in [0.2, 0.25) is 0 Å². The Kier molecular flexibility index (Phi) is 24.3. The van der Waals surface area contributed by atoms with Gasteiger partial charge in [0, 0.05) is 12.8 Å². The van der Waals surface area contributed by atoms with E-state index in [0.717, 1.165) is 44.9 Å². The predicted molar refractivity (Wildman–Crippen MR) is 153 cm³/mol. The van der Waals surface area contributed by atoms with Crippen LogP contribution in [-0.4, -0.2) is 64.9 Å². The number of unbranched alkanes of at least 4 members (excludes halogenated alkanes) is 14. The van der Waals surface area contributed by atoms with Crippen LogP contribution in [0.4, 0.5) is 0 Å². The number of carboxylic acid groups (broad SMARTS) is 1. The predicted octanol–water partition coefficient (Wildman–Crippen LogP) is 5.66. The highest BCUT2D eigenvalue weighted by Gasteiger charge is 2.28. The van der Waals surface area contributed by atoms with Crippen molar-refractivity contribution in [3.8, 4) is 0 Å². The van der Waals surface area contributed by atoms with Gasteiger partial charge in [-0.15, -0.1) is 0 Å². The monoisotopic (exact) mass is 595 g/mol. The van der Waals surface area contributed by atoms with Crippen molar-refractivity contribution in [1.82, 2.24) is 5.32 Å². The zero-order valence-electron chi connectivity index (χ0n) is 24.7. The van der Waals surface area contributed by atoms with Crippen LogP contribution in [0.5, 0.6) is 0 Å². The summed E-state index contributed by atoms with van der Waals surface area (Å²) < 4.78 is 26.4. The third-order valence-corrected chi connectivity index (χ3v) is 7.35. The molecule has 11 nitrogen and oxygen atoms in total. The number of carboxylic acids is 1. The second kappa shape index (κ2) is 25.2. The molecule has 0 saturated carbocycles. The van der Waals surface area contributed by atoms with Gasteiger partial charge in [0.05, 0.1) is 13.2 Å². The minimum absolute atomic E-state index is 0.150. The lowest BCUT2D eigenvalue weighted by Gasteiger charge is -2.18. The number of rotatable bonds is 28. The van der Waals surface area contributed by atoms with Gasteiger partial charge in [-0.25, -0.2) is 9.36 Å². The Labute approximate surface area is 240 Å². The molecule has 0 saturated heterocycles. The number of amides is 1. The van der Waals surface area contributed by atoms with Gasteiger partial charge in [-0.3, -0.25) is 18.6 Å². The van der Waals surface area contributed by atoms with Gasteiger partial charge in [-0.1, -0.05) is 104 Å². The molecule has 0 aliphatic heterocycles. The molecule has 1 amide bonds. The Balaban J connectivity index is 4.09. The molecule has 236 valence electrons. The molecule has 3 unspecified atom stereocenters. The molecule has 0 rings (SSSR count). The number of carbonyl (C=O) groups is 3. The maximum atomic E-state index is 12.1. The summed E-state index contributed by atoms with van der Waals surface area (Å²) in [4.78, 5) is 45.1. The van der Waals surface area contributed by atoms with Crippen LogP contribution in [0, 0.1) is 0 Å². The second-order valence-electron chi connectivity index (χ2n) is 10.3. The lowest BCUT2D eigenvalue weighted by atomic mass is 10.1. The van der Waals surface area contributed by atoms with E-state index in [1.165, 1.54) is 44.9 Å². The molecule has 0 aromatic heterocycles. The van der Waals surface area contributed by atoms with E-state index in [2.05, 4.69) is 23.7 Å². The van der Waals surface area contributed by atoms with Crippen LogP contribution in [0.25, 0.3) is 0 Å². The first-order chi connectivity index (χ1) is 19.1. The fourth-order valence-corrected chi connectivity index (χ4v) is 4.73. The number of ether oxygens (including phenoxy) is 1. The summed E-state index contributed by atoms with van der Waals surface area (Å²) in [5, 5.41) is 21.5. The van der Waals surface area contributed by atoms with E-state index in [-0.39, 0.29) is 12.8 Å². The summed E-state index contributed by atoms with van der Waals surface area (Å²) >= 11 is 0. The van der Waals surface area contributed by atoms with Gasteiger partial charge >= 0.3 is 19.8 Å². The molecule has 0 bridgehead atoms. The number of aliphatic hydroxyl groups is 1. The van der Waals surface area contributed by atoms with Crippen molar-refractivity contribution >= 4 is 25.7 Å². The number of hydrogen-bond donors (Lipinski definition) is 4. The van der Waals surface area contributed by atoms with Crippen LogP contribution >= 0.6 is 7.82 Å². The molecule has 0 heterocycles. The van der Waals surface area contributed by atoms with Gasteiger partial charge in [-0.05, 0) is 12.8 Å². The quantitative estimate of drug-likeness (QED) is 0.0503. The lowest BCUT2D eigenvalue weighted by molar-refractivity contribution is -0.147. The highest BCUT2D eigenvalue weighted by Crippen LogP contribution is 2.43. The summed E-state index contributed by atoms with van der Waals surface area (Å²) in [5.74, 6) is -2.38. The van der Waals surface area contributed by atoms with Gasteiger partial charge in [-0.2, -0.15) is 0 Å². The summed E-state index contributed by atoms with van der Waals surface area (Å²) in [5.41, 5.74) is 0. The van der Waals surface area contributed by atoms with Crippen LogP contribution in [0.3, 0.4) is 0 Å². The highest BCUT2D eigenvalue weighted by molar-refractivity contribution is 7.47. The minimum atomic E-state index is -4.72. The Morgan fingerprint density at radius 3 is 1.65 bits per heavy atom. The Morgan fingerprint density at radius 1 is 0.700 bits per heavy atom. The Hall–Kier alpha value is -1.52. The third-order valence-electron chi connectivity index (χ3n) is 6.40. The highest BCUT2D eigenvalue weighted by atomic mass is 31.2. The zero-order valence-corrected chi connectivity index (χ0v) is 25.5. The van der Waals surface area contributed by atoms with Gasteiger partial charge < -0.3 is 25.2 Å². The zero-order chi connectivity index (χ0) is 30.1. The van der Waals surface area contributed by atoms with Crippen LogP contribution in [0.1, 0.15) is 129 Å². The maximum absolute atomic E-state index is 12.1. The fourth-order valence-electron chi connectivity index (χ4n) is 3.96. The van der Waals surface area contributed by atoms with Crippen molar-refractivity contribution < 1.29 is 47.8 Å². The second-order valence-corrected chi connectivity index (χ2v) is 11.8. The standard InChI is InChI=1S/C28H54NO10P/c1-3-5-7-9-11-12-13-14-15-17-19-26(31)29-25(28(33)34)23-39-40(35,36)38-22-24(30)21-37-27(32)20-18-16-10-8-6-4-2/h24-25,30H,3-23H2,1-2H3,(H,29,31)(H,33,34)(H,35,36). The number of phosphoric acid groups is 1. The molecule has 12 heteroatoms. The van der Waals surface area contributed by atoms with Gasteiger partial charge in [0.2, 0.25) is 5.91 Å². The van der Waals surface area contributed by atoms with Crippen molar-refractivity contribution in [3.05, 3.63) is 0 Å². The van der Waals surface area contributed by atoms with Crippen molar-refractivity contribution in [2.24, 2.45) is 0 Å². The largest absolute Gasteiger partial charge is 0.480 e. The number of esters is 1. The van der Waals surface area contributed by atoms with E-state index in [1.54, 1.807) is 0 Å². The smallest absolute Gasteiger partial charge is 0.472 e. The van der Waals surface area contributed by atoms with Crippen molar-refractivity contribution in [1.29, 1.82) is 0 Å². The van der Waals surface area contributed by atoms with Gasteiger partial charge in [0.25, 0.3) is 0 Å². The Morgan fingerprint density at radius 2 is 1.15 bits per heavy atom. The first-order valence-electron chi connectivity index (χ1n) is 15.1. The number of carbonyl (C=O) groups excluding carboxylic acids is 2. The summed E-state index contributed by atoms with van der Waals surface area (Å²) in [6.45, 7) is 2.44. The average molecular weight is 596 g/mol. The first-order valence-corrected chi connectivity index (χ1v) is 16.6. The molecule has 3 atom stereocenters. The Bertz CT molecular complexity index is 721. The molecule has 4 N–H and O–H groups in total. The van der Waals surface area contributed by atoms with E-state index in [9.17, 15) is 34.1 Å². The SMILES string of the molecule is CCCCCCCCCCCCC(=O)NC(COP(=O)(O)OCC(O)COC(=O)CCCCCCCC)C(=O)O. The normalized spacial score (nSPS) is 14.3. The number of aliphatic carboxylic acids is 1. The number of nitrogens with one attached hydrogen (secondary N) is 1. The van der Waals surface area contributed by atoms with E-state index in [4.69, 9.17) is 9.26 Å². The molecule has 0 fully saturated rings. The number of hydrogen-bond acceptors (Lipinski definition) is 8. The topological polar surface area (TPSA) is 169 Å². The summed E-state index contributed by atoms with van der Waals surface area (Å²) in [6, 6.07) is -1.53. The van der Waals surface area contributed by atoms with Gasteiger partial charge in [0.1, 0.15) is 12.7 Å². The molecule has 0 spiro atoms. The molecule has 40 heavy (non-hydrogen) atoms. The molecule has 0 aliphatic carbocycles. The van der Waals surface area contributed by atoms with E-state index in [0.29, 0.717) is 12.8 Å². The van der Waals surface area contributed by atoms with Crippen molar-refractivity contribution in [2.45, 2.75) is 142 Å². The molecular weight excluding hydrogens is 541 g/mol. The van der Waals surface area contributed by atoms with Crippen molar-refractivity contribution in [3.63, 3.8) is 0 Å². The summed E-state index contributed by atoms with van der Waals surface area (Å²) in [6.07, 6.45) is 16.2. The third kappa shape index (κ3) is 24.3. The van der Waals surface area contributed by atoms with Crippen molar-refractivity contribution in [2.75, 3.05) is 19.8 Å². The van der Waals surface area contributed by atoms with E-state index < -0.39 is 57.6 Å². The fraction of sp³-hybridized carbons (Fsp3) is 0.893. The maximum Gasteiger partial charge on any atom is 0.472 e. The van der Waals surface area contributed by atoms with Crippen LogP contribution < -0.4 is 5.32 Å². The van der Waals surface area contributed by atoms with E-state index >= 15 is 0 Å². The summed E-state index contributed by atoms with van der Waals surface area (Å²) in [7, 11) is -4.72. The van der Waals surface area contributed by atoms with Crippen LogP contribution in [0.15, 0.2) is 0 Å². The first kappa shape index (κ1) is 38.5. The molecule has 0 aromatic carbocycles. The lowest BCUT2D eigenvalue weighted by Crippen LogP contribution is -2.43.